The van der Waals surface area contributed by atoms with Crippen molar-refractivity contribution in [2.45, 2.75) is 0 Å². The number of ether oxygens (including phenoxy) is 3. The summed E-state index contributed by atoms with van der Waals surface area (Å²) in [6, 6.07) is 0. The Morgan fingerprint density at radius 3 is 1.75 bits per heavy atom. The van der Waals surface area contributed by atoms with Gasteiger partial charge < -0.3 is 14.2 Å². The Morgan fingerprint density at radius 2 is 1.42 bits per heavy atom. The molecule has 5 heteroatoms. The molecule has 0 aliphatic heterocycles. The van der Waals surface area contributed by atoms with Gasteiger partial charge in [0.05, 0.1) is 21.3 Å². The summed E-state index contributed by atoms with van der Waals surface area (Å²) in [6.45, 7) is 0. The molecule has 0 aliphatic rings. The predicted octanol–water partition coefficient (Wildman–Crippen LogP) is 0.502. The normalized spacial score (nSPS) is 9.25. The van der Waals surface area contributed by atoms with Crippen LogP contribution in [0.15, 0.2) is 6.33 Å². The molecule has 0 radical (unpaired) electrons. The van der Waals surface area contributed by atoms with Crippen LogP contribution in [-0.4, -0.2) is 31.3 Å². The molecule has 1 aromatic heterocycles. The van der Waals surface area contributed by atoms with Crippen molar-refractivity contribution in [3.05, 3.63) is 6.33 Å². The van der Waals surface area contributed by atoms with Crippen molar-refractivity contribution in [1.82, 2.24) is 9.97 Å². The van der Waals surface area contributed by atoms with Crippen LogP contribution < -0.4 is 14.2 Å². The number of methoxy groups -OCH3 is 3. The summed E-state index contributed by atoms with van der Waals surface area (Å²) in [5.74, 6) is 1.14. The van der Waals surface area contributed by atoms with Crippen LogP contribution in [0.3, 0.4) is 0 Å². The number of hydrogen-bond donors (Lipinski definition) is 0. The van der Waals surface area contributed by atoms with Gasteiger partial charge in [-0.1, -0.05) is 0 Å². The Morgan fingerprint density at radius 1 is 0.917 bits per heavy atom. The number of nitrogens with zero attached hydrogens (tertiary/aromatic N) is 2. The standard InChI is InChI=1S/C7H10N2O3/c1-10-5-6(11-2)8-4-9-7(5)12-3/h4H,1-3H3. The molecule has 0 amide bonds. The fourth-order valence-corrected chi connectivity index (χ4v) is 0.808. The van der Waals surface area contributed by atoms with Crippen molar-refractivity contribution in [3.8, 4) is 17.5 Å². The summed E-state index contributed by atoms with van der Waals surface area (Å²) in [7, 11) is 4.51. The van der Waals surface area contributed by atoms with E-state index in [0.717, 1.165) is 0 Å². The zero-order valence-electron chi connectivity index (χ0n) is 7.20. The molecule has 12 heavy (non-hydrogen) atoms. The van der Waals surface area contributed by atoms with Gasteiger partial charge in [-0.25, -0.2) is 0 Å². The summed E-state index contributed by atoms with van der Waals surface area (Å²) in [5, 5.41) is 0. The average Bonchev–Trinajstić information content (AvgIpc) is 2.16. The van der Waals surface area contributed by atoms with E-state index in [4.69, 9.17) is 14.2 Å². The van der Waals surface area contributed by atoms with Gasteiger partial charge >= 0.3 is 0 Å². The Balaban J connectivity index is 3.13. The molecule has 0 saturated heterocycles. The molecule has 1 heterocycles. The first-order chi connectivity index (χ1) is 5.83. The van der Waals surface area contributed by atoms with Gasteiger partial charge in [-0.2, -0.15) is 9.97 Å². The van der Waals surface area contributed by atoms with E-state index in [-0.39, 0.29) is 0 Å². The van der Waals surface area contributed by atoms with E-state index >= 15 is 0 Å². The minimum absolute atomic E-state index is 0.365. The van der Waals surface area contributed by atoms with Crippen molar-refractivity contribution in [2.75, 3.05) is 21.3 Å². The molecular formula is C7H10N2O3. The van der Waals surface area contributed by atoms with Crippen molar-refractivity contribution < 1.29 is 14.2 Å². The molecule has 1 aromatic rings. The zero-order chi connectivity index (χ0) is 8.97. The van der Waals surface area contributed by atoms with E-state index in [9.17, 15) is 0 Å². The molecule has 1 rings (SSSR count). The molecule has 0 spiro atoms. The van der Waals surface area contributed by atoms with E-state index in [2.05, 4.69) is 9.97 Å². The lowest BCUT2D eigenvalue weighted by Gasteiger charge is -2.07. The minimum atomic E-state index is 0.365. The lowest BCUT2D eigenvalue weighted by atomic mass is 10.5. The first-order valence-corrected chi connectivity index (χ1v) is 3.30. The van der Waals surface area contributed by atoms with Crippen molar-refractivity contribution in [2.24, 2.45) is 0 Å². The number of rotatable bonds is 3. The molecule has 0 bridgehead atoms. The summed E-state index contributed by atoms with van der Waals surface area (Å²) >= 11 is 0. The third-order valence-electron chi connectivity index (χ3n) is 1.33. The van der Waals surface area contributed by atoms with Gasteiger partial charge in [0.1, 0.15) is 6.33 Å². The molecule has 0 unspecified atom stereocenters. The van der Waals surface area contributed by atoms with Crippen LogP contribution in [0.25, 0.3) is 0 Å². The van der Waals surface area contributed by atoms with Gasteiger partial charge in [-0.05, 0) is 0 Å². The van der Waals surface area contributed by atoms with Crippen LogP contribution in [0.4, 0.5) is 0 Å². The number of aromatic nitrogens is 2. The van der Waals surface area contributed by atoms with Gasteiger partial charge in [-0.3, -0.25) is 0 Å². The Labute approximate surface area is 70.3 Å². The van der Waals surface area contributed by atoms with Crippen molar-refractivity contribution in [3.63, 3.8) is 0 Å². The van der Waals surface area contributed by atoms with Crippen LogP contribution in [0.2, 0.25) is 0 Å². The van der Waals surface area contributed by atoms with Gasteiger partial charge in [-0.15, -0.1) is 0 Å². The average molecular weight is 170 g/mol. The fourth-order valence-electron chi connectivity index (χ4n) is 0.808. The lowest BCUT2D eigenvalue weighted by Crippen LogP contribution is -1.98. The first-order valence-electron chi connectivity index (χ1n) is 3.30. The maximum absolute atomic E-state index is 4.98. The largest absolute Gasteiger partial charge is 0.487 e. The molecular weight excluding hydrogens is 160 g/mol. The second kappa shape index (κ2) is 3.75. The Bertz CT molecular complexity index is 243. The second-order valence-electron chi connectivity index (χ2n) is 1.93. The molecule has 66 valence electrons. The van der Waals surface area contributed by atoms with Gasteiger partial charge in [0.2, 0.25) is 5.75 Å². The molecule has 0 aliphatic carbocycles. The van der Waals surface area contributed by atoms with Gasteiger partial charge in [0.15, 0.2) is 0 Å². The molecule has 0 aromatic carbocycles. The third-order valence-corrected chi connectivity index (χ3v) is 1.33. The van der Waals surface area contributed by atoms with Crippen LogP contribution in [0.1, 0.15) is 0 Å². The highest BCUT2D eigenvalue weighted by molar-refractivity contribution is 5.41. The molecule has 0 fully saturated rings. The molecule has 5 nitrogen and oxygen atoms in total. The van der Waals surface area contributed by atoms with Crippen molar-refractivity contribution >= 4 is 0 Å². The topological polar surface area (TPSA) is 53.5 Å². The highest BCUT2D eigenvalue weighted by Gasteiger charge is 2.11. The van der Waals surface area contributed by atoms with Crippen LogP contribution in [-0.2, 0) is 0 Å². The SMILES string of the molecule is COc1ncnc(OC)c1OC. The summed E-state index contributed by atoms with van der Waals surface area (Å²) in [4.78, 5) is 7.68. The number of hydrogen-bond acceptors (Lipinski definition) is 5. The molecule has 0 saturated carbocycles. The fraction of sp³-hybridized carbons (Fsp3) is 0.429. The summed E-state index contributed by atoms with van der Waals surface area (Å²) in [5.41, 5.74) is 0. The highest BCUT2D eigenvalue weighted by atomic mass is 16.5. The highest BCUT2D eigenvalue weighted by Crippen LogP contribution is 2.31. The molecule has 0 atom stereocenters. The van der Waals surface area contributed by atoms with Crippen LogP contribution in [0.5, 0.6) is 17.5 Å². The van der Waals surface area contributed by atoms with Gasteiger partial charge in [0, 0.05) is 0 Å². The van der Waals surface area contributed by atoms with Gasteiger partial charge in [0.25, 0.3) is 11.8 Å². The minimum Gasteiger partial charge on any atom is -0.487 e. The lowest BCUT2D eigenvalue weighted by molar-refractivity contribution is 0.307. The predicted molar refractivity (Wildman–Crippen MR) is 41.7 cm³/mol. The van der Waals surface area contributed by atoms with Crippen LogP contribution >= 0.6 is 0 Å². The Kier molecular flexibility index (Phi) is 2.68. The van der Waals surface area contributed by atoms with E-state index in [1.165, 1.54) is 27.7 Å². The first kappa shape index (κ1) is 8.58. The quantitative estimate of drug-likeness (QED) is 0.661. The summed E-state index contributed by atoms with van der Waals surface area (Å²) < 4.78 is 14.8. The van der Waals surface area contributed by atoms with E-state index < -0.39 is 0 Å². The van der Waals surface area contributed by atoms with E-state index in [1.54, 1.807) is 0 Å². The third kappa shape index (κ3) is 1.39. The maximum Gasteiger partial charge on any atom is 0.264 e. The maximum atomic E-state index is 4.98. The zero-order valence-corrected chi connectivity index (χ0v) is 7.20. The monoisotopic (exact) mass is 170 g/mol. The summed E-state index contributed by atoms with van der Waals surface area (Å²) in [6.07, 6.45) is 1.35. The smallest absolute Gasteiger partial charge is 0.264 e. The second-order valence-corrected chi connectivity index (χ2v) is 1.93. The van der Waals surface area contributed by atoms with E-state index in [1.807, 2.05) is 0 Å². The van der Waals surface area contributed by atoms with Crippen molar-refractivity contribution in [1.29, 1.82) is 0 Å². The Hall–Kier alpha value is -1.52. The van der Waals surface area contributed by atoms with E-state index in [0.29, 0.717) is 17.5 Å². The van der Waals surface area contributed by atoms with Crippen LogP contribution in [0, 0.1) is 0 Å². The molecule has 0 N–H and O–H groups in total.